The third-order valence-electron chi connectivity index (χ3n) is 2.30. The molecular weight excluding hydrogens is 222 g/mol. The topological polar surface area (TPSA) is 57.8 Å². The predicted molar refractivity (Wildman–Crippen MR) is 65.0 cm³/mol. The average molecular weight is 235 g/mol. The molecule has 0 saturated carbocycles. The molecule has 0 aliphatic carbocycles. The molecule has 2 aromatic heterocycles. The van der Waals surface area contributed by atoms with Gasteiger partial charge in [0.1, 0.15) is 0 Å². The number of carbonyl (C=O) groups excluding carboxylic acids is 1. The third-order valence-corrected chi connectivity index (χ3v) is 3.68. The molecule has 0 atom stereocenters. The van der Waals surface area contributed by atoms with Gasteiger partial charge in [-0.15, -0.1) is 11.3 Å². The van der Waals surface area contributed by atoms with Crippen LogP contribution in [0.4, 0.5) is 5.95 Å². The maximum absolute atomic E-state index is 11.8. The third kappa shape index (κ3) is 2.14. The highest BCUT2D eigenvalue weighted by Gasteiger charge is 2.12. The van der Waals surface area contributed by atoms with Crippen molar-refractivity contribution in [3.8, 4) is 0 Å². The minimum atomic E-state index is -0.109. The Bertz CT molecular complexity index is 487. The monoisotopic (exact) mass is 235 g/mol. The predicted octanol–water partition coefficient (Wildman–Crippen LogP) is 2.59. The first-order chi connectivity index (χ1) is 7.70. The zero-order valence-electron chi connectivity index (χ0n) is 9.20. The van der Waals surface area contributed by atoms with E-state index in [1.165, 1.54) is 21.8 Å². The van der Waals surface area contributed by atoms with Gasteiger partial charge in [0.05, 0.1) is 4.88 Å². The van der Waals surface area contributed by atoms with Crippen LogP contribution in [0.3, 0.4) is 0 Å². The molecule has 16 heavy (non-hydrogen) atoms. The summed E-state index contributed by atoms with van der Waals surface area (Å²) < 4.78 is 0. The van der Waals surface area contributed by atoms with Crippen LogP contribution in [0.15, 0.2) is 18.5 Å². The second-order valence-corrected chi connectivity index (χ2v) is 4.60. The summed E-state index contributed by atoms with van der Waals surface area (Å²) in [6.07, 6.45) is 4.24. The minimum absolute atomic E-state index is 0.109. The number of rotatable bonds is 3. The number of hydrogen-bond acceptors (Lipinski definition) is 3. The molecule has 84 valence electrons. The van der Waals surface area contributed by atoms with Crippen molar-refractivity contribution in [2.75, 3.05) is 5.32 Å². The van der Waals surface area contributed by atoms with Crippen molar-refractivity contribution in [1.29, 1.82) is 0 Å². The summed E-state index contributed by atoms with van der Waals surface area (Å²) in [5, 5.41) is 2.71. The first kappa shape index (κ1) is 10.9. The first-order valence-corrected chi connectivity index (χ1v) is 5.92. The van der Waals surface area contributed by atoms with E-state index < -0.39 is 0 Å². The van der Waals surface area contributed by atoms with Crippen LogP contribution in [0.5, 0.6) is 0 Å². The smallest absolute Gasteiger partial charge is 0.268 e. The fraction of sp³-hybridized carbons (Fsp3) is 0.273. The van der Waals surface area contributed by atoms with Crippen molar-refractivity contribution >= 4 is 23.2 Å². The van der Waals surface area contributed by atoms with Crippen molar-refractivity contribution < 1.29 is 4.79 Å². The van der Waals surface area contributed by atoms with E-state index in [0.29, 0.717) is 5.95 Å². The van der Waals surface area contributed by atoms with E-state index in [-0.39, 0.29) is 5.91 Å². The van der Waals surface area contributed by atoms with Crippen molar-refractivity contribution in [3.05, 3.63) is 33.8 Å². The second-order valence-electron chi connectivity index (χ2n) is 3.46. The normalized spacial score (nSPS) is 10.4. The number of thiophene rings is 1. The van der Waals surface area contributed by atoms with Crippen LogP contribution in [0.2, 0.25) is 0 Å². The fourth-order valence-electron chi connectivity index (χ4n) is 1.49. The highest BCUT2D eigenvalue weighted by molar-refractivity contribution is 7.14. The number of aromatic amines is 1. The number of imidazole rings is 1. The maximum atomic E-state index is 11.8. The van der Waals surface area contributed by atoms with Crippen LogP contribution in [-0.2, 0) is 6.42 Å². The van der Waals surface area contributed by atoms with Crippen molar-refractivity contribution in [1.82, 2.24) is 9.97 Å². The Balaban J connectivity index is 2.15. The van der Waals surface area contributed by atoms with Gasteiger partial charge in [-0.1, -0.05) is 6.92 Å². The Morgan fingerprint density at radius 2 is 2.44 bits per heavy atom. The Morgan fingerprint density at radius 3 is 3.00 bits per heavy atom. The number of amides is 1. The molecule has 0 bridgehead atoms. The SMILES string of the molecule is CCc1sc(C(=O)Nc2ncc[nH]2)cc1C. The molecule has 0 unspecified atom stereocenters. The van der Waals surface area contributed by atoms with Crippen LogP contribution in [-0.4, -0.2) is 15.9 Å². The largest absolute Gasteiger partial charge is 0.331 e. The van der Waals surface area contributed by atoms with Gasteiger partial charge in [-0.05, 0) is 25.0 Å². The van der Waals surface area contributed by atoms with Crippen LogP contribution >= 0.6 is 11.3 Å². The summed E-state index contributed by atoms with van der Waals surface area (Å²) >= 11 is 1.54. The molecule has 0 radical (unpaired) electrons. The molecular formula is C11H13N3OS. The Labute approximate surface area is 97.7 Å². The van der Waals surface area contributed by atoms with Gasteiger partial charge >= 0.3 is 0 Å². The molecule has 2 heterocycles. The van der Waals surface area contributed by atoms with Gasteiger partial charge in [-0.3, -0.25) is 10.1 Å². The lowest BCUT2D eigenvalue weighted by Crippen LogP contribution is -2.11. The highest BCUT2D eigenvalue weighted by atomic mass is 32.1. The molecule has 0 spiro atoms. The van der Waals surface area contributed by atoms with Gasteiger partial charge in [0.15, 0.2) is 0 Å². The number of nitrogens with one attached hydrogen (secondary N) is 2. The molecule has 0 aromatic carbocycles. The van der Waals surface area contributed by atoms with E-state index in [2.05, 4.69) is 22.2 Å². The van der Waals surface area contributed by atoms with Gasteiger partial charge < -0.3 is 4.98 Å². The van der Waals surface area contributed by atoms with E-state index in [4.69, 9.17) is 0 Å². The lowest BCUT2D eigenvalue weighted by molar-refractivity contribution is 0.102. The van der Waals surface area contributed by atoms with Crippen LogP contribution < -0.4 is 5.32 Å². The van der Waals surface area contributed by atoms with E-state index in [9.17, 15) is 4.79 Å². The lowest BCUT2D eigenvalue weighted by Gasteiger charge is -1.97. The Hall–Kier alpha value is -1.62. The molecule has 5 heteroatoms. The molecule has 1 amide bonds. The maximum Gasteiger partial charge on any atom is 0.268 e. The molecule has 0 aliphatic rings. The quantitative estimate of drug-likeness (QED) is 0.859. The van der Waals surface area contributed by atoms with Gasteiger partial charge in [0, 0.05) is 17.3 Å². The van der Waals surface area contributed by atoms with E-state index in [1.807, 2.05) is 13.0 Å². The standard InChI is InChI=1S/C11H13N3OS/c1-3-8-7(2)6-9(16-8)10(15)14-11-12-4-5-13-11/h4-6H,3H2,1-2H3,(H2,12,13,14,15). The molecule has 0 saturated heterocycles. The molecule has 0 aliphatic heterocycles. The summed E-state index contributed by atoms with van der Waals surface area (Å²) in [5.74, 6) is 0.372. The number of carbonyl (C=O) groups is 1. The molecule has 2 aromatic rings. The number of aromatic nitrogens is 2. The zero-order valence-corrected chi connectivity index (χ0v) is 10.0. The van der Waals surface area contributed by atoms with Gasteiger partial charge in [0.2, 0.25) is 5.95 Å². The highest BCUT2D eigenvalue weighted by Crippen LogP contribution is 2.22. The van der Waals surface area contributed by atoms with Crippen molar-refractivity contribution in [2.24, 2.45) is 0 Å². The Kier molecular flexibility index (Phi) is 3.05. The van der Waals surface area contributed by atoms with Gasteiger partial charge in [-0.2, -0.15) is 0 Å². The number of anilines is 1. The lowest BCUT2D eigenvalue weighted by atomic mass is 10.2. The molecule has 4 nitrogen and oxygen atoms in total. The number of nitrogens with zero attached hydrogens (tertiary/aromatic N) is 1. The van der Waals surface area contributed by atoms with Crippen molar-refractivity contribution in [2.45, 2.75) is 20.3 Å². The van der Waals surface area contributed by atoms with Gasteiger partial charge in [0.25, 0.3) is 5.91 Å². The zero-order chi connectivity index (χ0) is 11.5. The van der Waals surface area contributed by atoms with Crippen LogP contribution in [0.25, 0.3) is 0 Å². The van der Waals surface area contributed by atoms with Crippen LogP contribution in [0.1, 0.15) is 27.0 Å². The van der Waals surface area contributed by atoms with Crippen molar-refractivity contribution in [3.63, 3.8) is 0 Å². The van der Waals surface area contributed by atoms with Crippen LogP contribution in [0, 0.1) is 6.92 Å². The average Bonchev–Trinajstić information content (AvgIpc) is 2.87. The number of hydrogen-bond donors (Lipinski definition) is 2. The van der Waals surface area contributed by atoms with E-state index >= 15 is 0 Å². The first-order valence-electron chi connectivity index (χ1n) is 5.10. The van der Waals surface area contributed by atoms with E-state index in [1.54, 1.807) is 12.4 Å². The summed E-state index contributed by atoms with van der Waals surface area (Å²) in [6, 6.07) is 1.92. The molecule has 2 N–H and O–H groups in total. The minimum Gasteiger partial charge on any atom is -0.331 e. The Morgan fingerprint density at radius 1 is 1.62 bits per heavy atom. The summed E-state index contributed by atoms with van der Waals surface area (Å²) in [7, 11) is 0. The molecule has 0 fully saturated rings. The number of aryl methyl sites for hydroxylation is 2. The fourth-order valence-corrected chi connectivity index (χ4v) is 2.49. The van der Waals surface area contributed by atoms with Gasteiger partial charge in [-0.25, -0.2) is 4.98 Å². The summed E-state index contributed by atoms with van der Waals surface area (Å²) in [6.45, 7) is 4.12. The molecule has 2 rings (SSSR count). The summed E-state index contributed by atoms with van der Waals surface area (Å²) in [5.41, 5.74) is 1.18. The van der Waals surface area contributed by atoms with E-state index in [0.717, 1.165) is 11.3 Å². The number of H-pyrrole nitrogens is 1. The summed E-state index contributed by atoms with van der Waals surface area (Å²) in [4.78, 5) is 20.6. The second kappa shape index (κ2) is 4.49.